The Morgan fingerprint density at radius 3 is 2.68 bits per heavy atom. The number of phenolic OH excluding ortho intramolecular Hbond substituents is 1. The molecule has 0 saturated heterocycles. The fraction of sp³-hybridized carbons (Fsp3) is 0.375. The fourth-order valence-electron chi connectivity index (χ4n) is 2.31. The molecule has 1 aromatic heterocycles. The maximum atomic E-state index is 12.1. The van der Waals surface area contributed by atoms with Crippen molar-refractivity contribution in [1.29, 1.82) is 0 Å². The second kappa shape index (κ2) is 6.62. The number of phenols is 1. The van der Waals surface area contributed by atoms with E-state index in [0.29, 0.717) is 40.6 Å². The summed E-state index contributed by atoms with van der Waals surface area (Å²) in [7, 11) is 0. The first-order chi connectivity index (χ1) is 10.5. The Bertz CT molecular complexity index is 763. The zero-order chi connectivity index (χ0) is 16.3. The molecule has 6 heteroatoms. The maximum Gasteiger partial charge on any atom is 0.340 e. The molecule has 1 aromatic carbocycles. The monoisotopic (exact) mass is 305 g/mol. The molecule has 1 heterocycles. The Morgan fingerprint density at radius 1 is 1.27 bits per heavy atom. The molecule has 0 unspecified atom stereocenters. The number of aliphatic hydroxyl groups is 1. The van der Waals surface area contributed by atoms with E-state index in [1.807, 2.05) is 0 Å². The number of nitrogens with one attached hydrogen (secondary N) is 1. The summed E-state index contributed by atoms with van der Waals surface area (Å²) in [5.41, 5.74) is 1.24. The van der Waals surface area contributed by atoms with E-state index < -0.39 is 5.63 Å². The molecular weight excluding hydrogens is 286 g/mol. The number of aliphatic hydroxyl groups excluding tert-OH is 1. The summed E-state index contributed by atoms with van der Waals surface area (Å²) < 4.78 is 5.28. The van der Waals surface area contributed by atoms with Gasteiger partial charge in [-0.3, -0.25) is 4.79 Å². The lowest BCUT2D eigenvalue weighted by Crippen LogP contribution is -2.29. The lowest BCUT2D eigenvalue weighted by Gasteiger charge is -2.10. The molecule has 0 radical (unpaired) electrons. The van der Waals surface area contributed by atoms with Crippen molar-refractivity contribution in [2.75, 3.05) is 13.2 Å². The van der Waals surface area contributed by atoms with Gasteiger partial charge in [0.25, 0.3) is 0 Å². The van der Waals surface area contributed by atoms with Crippen LogP contribution in [0.3, 0.4) is 0 Å². The van der Waals surface area contributed by atoms with Crippen LogP contribution >= 0.6 is 0 Å². The summed E-state index contributed by atoms with van der Waals surface area (Å²) in [6.07, 6.45) is 0.394. The first kappa shape index (κ1) is 16.0. The Balaban J connectivity index is 2.37. The van der Waals surface area contributed by atoms with Gasteiger partial charge in [0.05, 0.1) is 12.0 Å². The third kappa shape index (κ3) is 3.12. The Morgan fingerprint density at radius 2 is 2.00 bits per heavy atom. The quantitative estimate of drug-likeness (QED) is 0.568. The number of hydrogen-bond donors (Lipinski definition) is 3. The second-order valence-electron chi connectivity index (χ2n) is 5.18. The SMILES string of the molecule is Cc1c(CC(=O)NCCCO)c(=O)oc2c(C)c(O)ccc12. The largest absolute Gasteiger partial charge is 0.508 e. The molecule has 0 bridgehead atoms. The van der Waals surface area contributed by atoms with Crippen molar-refractivity contribution in [3.63, 3.8) is 0 Å². The minimum absolute atomic E-state index is 0.000190. The topological polar surface area (TPSA) is 99.8 Å². The van der Waals surface area contributed by atoms with Crippen molar-refractivity contribution in [3.05, 3.63) is 39.2 Å². The molecule has 1 amide bonds. The van der Waals surface area contributed by atoms with Crippen LogP contribution < -0.4 is 10.9 Å². The lowest BCUT2D eigenvalue weighted by atomic mass is 10.0. The van der Waals surface area contributed by atoms with E-state index in [1.54, 1.807) is 19.9 Å². The molecule has 3 N–H and O–H groups in total. The summed E-state index contributed by atoms with van der Waals surface area (Å²) in [5.74, 6) is -0.233. The van der Waals surface area contributed by atoms with Gasteiger partial charge in [-0.1, -0.05) is 0 Å². The number of aromatic hydroxyl groups is 1. The number of aryl methyl sites for hydroxylation is 2. The van der Waals surface area contributed by atoms with Crippen LogP contribution in [-0.4, -0.2) is 29.3 Å². The summed E-state index contributed by atoms with van der Waals surface area (Å²) in [4.78, 5) is 24.0. The van der Waals surface area contributed by atoms with Crippen LogP contribution in [0.2, 0.25) is 0 Å². The molecule has 6 nitrogen and oxygen atoms in total. The van der Waals surface area contributed by atoms with Crippen molar-refractivity contribution in [3.8, 4) is 5.75 Å². The predicted octanol–water partition coefficient (Wildman–Crippen LogP) is 1.16. The molecular formula is C16H19NO5. The molecule has 2 rings (SSSR count). The van der Waals surface area contributed by atoms with Gasteiger partial charge in [-0.2, -0.15) is 0 Å². The van der Waals surface area contributed by atoms with E-state index in [-0.39, 0.29) is 24.7 Å². The first-order valence-corrected chi connectivity index (χ1v) is 7.08. The number of carbonyl (C=O) groups excluding carboxylic acids is 1. The highest BCUT2D eigenvalue weighted by molar-refractivity contribution is 5.87. The summed E-state index contributed by atoms with van der Waals surface area (Å²) in [5, 5.41) is 21.7. The van der Waals surface area contributed by atoms with E-state index in [0.717, 1.165) is 0 Å². The highest BCUT2D eigenvalue weighted by atomic mass is 16.4. The van der Waals surface area contributed by atoms with E-state index in [1.165, 1.54) is 6.07 Å². The molecule has 0 spiro atoms. The van der Waals surface area contributed by atoms with Crippen LogP contribution in [-0.2, 0) is 11.2 Å². The Hall–Kier alpha value is -2.34. The van der Waals surface area contributed by atoms with Gasteiger partial charge in [-0.15, -0.1) is 0 Å². The molecule has 2 aromatic rings. The molecule has 0 aliphatic rings. The standard InChI is InChI=1S/C16H19NO5/c1-9-11-4-5-13(19)10(2)15(11)22-16(21)12(9)8-14(20)17-6-3-7-18/h4-5,18-19H,3,6-8H2,1-2H3,(H,17,20). The summed E-state index contributed by atoms with van der Waals surface area (Å²) in [6, 6.07) is 3.21. The normalized spacial score (nSPS) is 10.9. The molecule has 0 saturated carbocycles. The van der Waals surface area contributed by atoms with Gasteiger partial charge in [-0.25, -0.2) is 4.79 Å². The molecule has 0 atom stereocenters. The number of carbonyl (C=O) groups is 1. The molecule has 118 valence electrons. The van der Waals surface area contributed by atoms with Gasteiger partial charge < -0.3 is 19.9 Å². The summed E-state index contributed by atoms with van der Waals surface area (Å²) >= 11 is 0. The molecule has 0 aliphatic carbocycles. The third-order valence-corrected chi connectivity index (χ3v) is 3.67. The van der Waals surface area contributed by atoms with Gasteiger partial charge in [0.2, 0.25) is 5.91 Å². The fourth-order valence-corrected chi connectivity index (χ4v) is 2.31. The number of amides is 1. The van der Waals surface area contributed by atoms with Crippen molar-refractivity contribution in [2.24, 2.45) is 0 Å². The van der Waals surface area contributed by atoms with Gasteiger partial charge in [0, 0.05) is 24.1 Å². The van der Waals surface area contributed by atoms with E-state index >= 15 is 0 Å². The molecule has 0 fully saturated rings. The van der Waals surface area contributed by atoms with Gasteiger partial charge in [-0.05, 0) is 38.0 Å². The van der Waals surface area contributed by atoms with Crippen LogP contribution in [0.25, 0.3) is 11.0 Å². The smallest absolute Gasteiger partial charge is 0.340 e. The molecule has 22 heavy (non-hydrogen) atoms. The van der Waals surface area contributed by atoms with Crippen molar-refractivity contribution < 1.29 is 19.4 Å². The highest BCUT2D eigenvalue weighted by Crippen LogP contribution is 2.28. The van der Waals surface area contributed by atoms with Crippen molar-refractivity contribution in [1.82, 2.24) is 5.32 Å². The highest BCUT2D eigenvalue weighted by Gasteiger charge is 2.16. The Kier molecular flexibility index (Phi) is 4.82. The van der Waals surface area contributed by atoms with Crippen LogP contribution in [0.4, 0.5) is 0 Å². The average molecular weight is 305 g/mol. The van der Waals surface area contributed by atoms with Crippen molar-refractivity contribution in [2.45, 2.75) is 26.7 Å². The minimum atomic E-state index is -0.573. The van der Waals surface area contributed by atoms with Gasteiger partial charge in [0.1, 0.15) is 11.3 Å². The van der Waals surface area contributed by atoms with Crippen LogP contribution in [0.15, 0.2) is 21.3 Å². The first-order valence-electron chi connectivity index (χ1n) is 7.08. The second-order valence-corrected chi connectivity index (χ2v) is 5.18. The van der Waals surface area contributed by atoms with Gasteiger partial charge >= 0.3 is 5.63 Å². The van der Waals surface area contributed by atoms with Crippen LogP contribution in [0.5, 0.6) is 5.75 Å². The summed E-state index contributed by atoms with van der Waals surface area (Å²) in [6.45, 7) is 3.79. The van der Waals surface area contributed by atoms with Crippen LogP contribution in [0, 0.1) is 13.8 Å². The predicted molar refractivity (Wildman–Crippen MR) is 82.0 cm³/mol. The Labute approximate surface area is 127 Å². The van der Waals surface area contributed by atoms with Crippen LogP contribution in [0.1, 0.15) is 23.1 Å². The van der Waals surface area contributed by atoms with E-state index in [2.05, 4.69) is 5.32 Å². The maximum absolute atomic E-state index is 12.1. The van der Waals surface area contributed by atoms with E-state index in [9.17, 15) is 14.7 Å². The number of benzene rings is 1. The zero-order valence-corrected chi connectivity index (χ0v) is 12.6. The zero-order valence-electron chi connectivity index (χ0n) is 12.6. The molecule has 0 aliphatic heterocycles. The third-order valence-electron chi connectivity index (χ3n) is 3.67. The number of rotatable bonds is 5. The lowest BCUT2D eigenvalue weighted by molar-refractivity contribution is -0.120. The number of hydrogen-bond acceptors (Lipinski definition) is 5. The van der Waals surface area contributed by atoms with Crippen molar-refractivity contribution >= 4 is 16.9 Å². The number of fused-ring (bicyclic) bond motifs is 1. The van der Waals surface area contributed by atoms with E-state index in [4.69, 9.17) is 9.52 Å². The van der Waals surface area contributed by atoms with Gasteiger partial charge in [0.15, 0.2) is 0 Å². The average Bonchev–Trinajstić information content (AvgIpc) is 2.48. The minimum Gasteiger partial charge on any atom is -0.508 e.